The van der Waals surface area contributed by atoms with Crippen molar-refractivity contribution in [1.82, 2.24) is 0 Å². The predicted octanol–water partition coefficient (Wildman–Crippen LogP) is 0.268. The molecule has 0 spiro atoms. The Morgan fingerprint density at radius 2 is 2.00 bits per heavy atom. The van der Waals surface area contributed by atoms with Gasteiger partial charge in [0, 0.05) is 6.61 Å². The summed E-state index contributed by atoms with van der Waals surface area (Å²) in [5, 5.41) is 8.65. The molecule has 0 saturated heterocycles. The second-order valence-corrected chi connectivity index (χ2v) is 1.76. The van der Waals surface area contributed by atoms with Gasteiger partial charge in [-0.3, -0.25) is 0 Å². The second kappa shape index (κ2) is 4.85. The van der Waals surface area contributed by atoms with Gasteiger partial charge in [0.2, 0.25) is 0 Å². The molecule has 52 valence electrons. The van der Waals surface area contributed by atoms with Crippen LogP contribution < -0.4 is 0 Å². The summed E-state index contributed by atoms with van der Waals surface area (Å²) in [6, 6.07) is 0. The molecule has 0 radical (unpaired) electrons. The van der Waals surface area contributed by atoms with Gasteiger partial charge in [-0.25, -0.2) is 0 Å². The fourth-order valence-corrected chi connectivity index (χ4v) is 0.551. The molecule has 0 saturated carbocycles. The first-order chi connectivity index (χ1) is 4.16. The molecule has 0 atom stereocenters. The third-order valence-electron chi connectivity index (χ3n) is 0.790. The average Bonchev–Trinajstić information content (AvgIpc) is 1.63. The normalized spacial score (nSPS) is 9.33. The van der Waals surface area contributed by atoms with Crippen molar-refractivity contribution in [3.8, 4) is 0 Å². The van der Waals surface area contributed by atoms with Crippen LogP contribution in [0.5, 0.6) is 0 Å². The fourth-order valence-electron chi connectivity index (χ4n) is 0.551. The second-order valence-electron chi connectivity index (χ2n) is 1.76. The zero-order valence-electron chi connectivity index (χ0n) is 6.13. The van der Waals surface area contributed by atoms with Crippen LogP contribution in [0.15, 0.2) is 0 Å². The van der Waals surface area contributed by atoms with E-state index in [1.807, 2.05) is 6.92 Å². The molecule has 0 aromatic rings. The van der Waals surface area contributed by atoms with Gasteiger partial charge in [0.05, 0.1) is 0 Å². The van der Waals surface area contributed by atoms with Crippen LogP contribution in [0.3, 0.4) is 0 Å². The Hall–Kier alpha value is 0.00987. The summed E-state index contributed by atoms with van der Waals surface area (Å²) in [4.78, 5) is 0. The molecule has 5 heteroatoms. The third-order valence-corrected chi connectivity index (χ3v) is 0.790. The zero-order chi connectivity index (χ0) is 7.28. The van der Waals surface area contributed by atoms with Crippen LogP contribution in [0.4, 0.5) is 0 Å². The summed E-state index contributed by atoms with van der Waals surface area (Å²) in [6.45, 7) is 5.78. The van der Waals surface area contributed by atoms with Gasteiger partial charge >= 0.3 is 14.2 Å². The molecule has 0 bridgehead atoms. The monoisotopic (exact) mass is 130 g/mol. The van der Waals surface area contributed by atoms with Gasteiger partial charge in [-0.05, 0) is 20.6 Å². The molecule has 0 unspecified atom stereocenters. The molecular formula is C4H12B2O3. The van der Waals surface area contributed by atoms with Crippen LogP contribution in [0, 0.1) is 0 Å². The highest BCUT2D eigenvalue weighted by Crippen LogP contribution is 1.89. The number of hydrogen-bond donors (Lipinski definition) is 1. The van der Waals surface area contributed by atoms with E-state index in [1.54, 1.807) is 13.6 Å². The molecule has 0 fully saturated rings. The molecule has 0 aliphatic heterocycles. The molecule has 0 rings (SSSR count). The summed E-state index contributed by atoms with van der Waals surface area (Å²) in [5.74, 6) is 0. The van der Waals surface area contributed by atoms with Crippen molar-refractivity contribution in [2.24, 2.45) is 0 Å². The lowest BCUT2D eigenvalue weighted by Gasteiger charge is -2.08. The lowest BCUT2D eigenvalue weighted by atomic mass is 9.85. The van der Waals surface area contributed by atoms with E-state index in [0.29, 0.717) is 6.61 Å². The minimum Gasteiger partial charge on any atom is -0.451 e. The van der Waals surface area contributed by atoms with Gasteiger partial charge in [-0.2, -0.15) is 0 Å². The highest BCUT2D eigenvalue weighted by molar-refractivity contribution is 6.56. The van der Waals surface area contributed by atoms with Crippen LogP contribution in [0.1, 0.15) is 6.92 Å². The van der Waals surface area contributed by atoms with Crippen LogP contribution in [0.2, 0.25) is 13.6 Å². The van der Waals surface area contributed by atoms with Gasteiger partial charge in [0.1, 0.15) is 0 Å². The Labute approximate surface area is 56.6 Å². The van der Waals surface area contributed by atoms with Gasteiger partial charge < -0.3 is 14.3 Å². The Balaban J connectivity index is 3.15. The van der Waals surface area contributed by atoms with Crippen LogP contribution in [-0.4, -0.2) is 25.9 Å². The minimum atomic E-state index is -0.744. The third kappa shape index (κ3) is 5.89. The molecule has 0 aliphatic rings. The summed E-state index contributed by atoms with van der Waals surface area (Å²) < 4.78 is 9.79. The van der Waals surface area contributed by atoms with E-state index in [4.69, 9.17) is 14.3 Å². The summed E-state index contributed by atoms with van der Waals surface area (Å²) in [5.41, 5.74) is 0. The predicted molar refractivity (Wildman–Crippen MR) is 38.2 cm³/mol. The molecule has 0 aromatic heterocycles. The quantitative estimate of drug-likeness (QED) is 0.554. The summed E-state index contributed by atoms with van der Waals surface area (Å²) in [6.07, 6.45) is 0. The van der Waals surface area contributed by atoms with E-state index in [0.717, 1.165) is 0 Å². The summed E-state index contributed by atoms with van der Waals surface area (Å²) >= 11 is 0. The first kappa shape index (κ1) is 9.01. The van der Waals surface area contributed by atoms with Crippen molar-refractivity contribution >= 4 is 14.2 Å². The largest absolute Gasteiger partial charge is 0.451 e. The molecule has 0 amide bonds. The van der Waals surface area contributed by atoms with E-state index in [1.165, 1.54) is 0 Å². The standard InChI is InChI=1S/C4H12B2O3/c1-4-8-6(3)9-5(2)7/h7H,4H2,1-3H3. The Bertz CT molecular complexity index is 68.8. The van der Waals surface area contributed by atoms with Crippen molar-refractivity contribution in [1.29, 1.82) is 0 Å². The lowest BCUT2D eigenvalue weighted by Crippen LogP contribution is -2.26. The van der Waals surface area contributed by atoms with Crippen molar-refractivity contribution in [3.05, 3.63) is 0 Å². The Morgan fingerprint density at radius 3 is 2.33 bits per heavy atom. The van der Waals surface area contributed by atoms with E-state index in [-0.39, 0.29) is 7.12 Å². The van der Waals surface area contributed by atoms with Crippen molar-refractivity contribution in [2.75, 3.05) is 6.61 Å². The van der Waals surface area contributed by atoms with Gasteiger partial charge in [-0.15, -0.1) is 0 Å². The van der Waals surface area contributed by atoms with Gasteiger partial charge in [0.15, 0.2) is 0 Å². The Morgan fingerprint density at radius 1 is 1.44 bits per heavy atom. The molecule has 0 aliphatic carbocycles. The first-order valence-electron chi connectivity index (χ1n) is 3.12. The average molecular weight is 130 g/mol. The molecule has 0 heterocycles. The lowest BCUT2D eigenvalue weighted by molar-refractivity contribution is 0.272. The minimum absolute atomic E-state index is 0.310. The van der Waals surface area contributed by atoms with Gasteiger partial charge in [-0.1, -0.05) is 0 Å². The van der Waals surface area contributed by atoms with Crippen molar-refractivity contribution in [3.63, 3.8) is 0 Å². The van der Waals surface area contributed by atoms with Crippen molar-refractivity contribution < 1.29 is 14.3 Å². The Kier molecular flexibility index (Phi) is 4.85. The van der Waals surface area contributed by atoms with E-state index in [9.17, 15) is 0 Å². The van der Waals surface area contributed by atoms with E-state index >= 15 is 0 Å². The SMILES string of the molecule is CCOB(C)OB(C)O. The highest BCUT2D eigenvalue weighted by atomic mass is 16.6. The molecule has 9 heavy (non-hydrogen) atoms. The van der Waals surface area contributed by atoms with Crippen LogP contribution in [-0.2, 0) is 9.23 Å². The topological polar surface area (TPSA) is 38.7 Å². The molecule has 3 nitrogen and oxygen atoms in total. The maximum absolute atomic E-state index is 8.65. The zero-order valence-corrected chi connectivity index (χ0v) is 6.13. The number of hydrogen-bond acceptors (Lipinski definition) is 3. The van der Waals surface area contributed by atoms with Gasteiger partial charge in [0.25, 0.3) is 0 Å². The van der Waals surface area contributed by atoms with Crippen LogP contribution >= 0.6 is 0 Å². The summed E-state index contributed by atoms with van der Waals surface area (Å²) in [7, 11) is -1.05. The number of rotatable bonds is 4. The van der Waals surface area contributed by atoms with E-state index < -0.39 is 7.12 Å². The maximum Gasteiger partial charge on any atom is 0.439 e. The first-order valence-corrected chi connectivity index (χ1v) is 3.12. The molecule has 1 N–H and O–H groups in total. The van der Waals surface area contributed by atoms with E-state index in [2.05, 4.69) is 0 Å². The molecular weight excluding hydrogens is 118 g/mol. The van der Waals surface area contributed by atoms with Crippen molar-refractivity contribution in [2.45, 2.75) is 20.6 Å². The fraction of sp³-hybridized carbons (Fsp3) is 1.00. The van der Waals surface area contributed by atoms with Crippen LogP contribution in [0.25, 0.3) is 0 Å². The highest BCUT2D eigenvalue weighted by Gasteiger charge is 2.14. The molecule has 0 aromatic carbocycles. The smallest absolute Gasteiger partial charge is 0.439 e. The maximum atomic E-state index is 8.65.